The molecule has 2 aromatic rings. The lowest BCUT2D eigenvalue weighted by Gasteiger charge is -2.15. The lowest BCUT2D eigenvalue weighted by molar-refractivity contribution is -0.137. The molecule has 0 saturated carbocycles. The summed E-state index contributed by atoms with van der Waals surface area (Å²) in [5, 5.41) is 18.4. The van der Waals surface area contributed by atoms with Gasteiger partial charge in [0.15, 0.2) is 0 Å². The van der Waals surface area contributed by atoms with Crippen molar-refractivity contribution in [2.75, 3.05) is 6.54 Å². The van der Waals surface area contributed by atoms with Crippen molar-refractivity contribution in [3.8, 4) is 5.75 Å². The minimum absolute atomic E-state index is 0.0851. The molecule has 0 aliphatic heterocycles. The highest BCUT2D eigenvalue weighted by atomic mass is 35.5. The number of hydrogen-bond donors (Lipinski definition) is 3. The zero-order valence-corrected chi connectivity index (χ0v) is 14.1. The third-order valence-corrected chi connectivity index (χ3v) is 4.01. The van der Waals surface area contributed by atoms with Crippen molar-refractivity contribution in [2.45, 2.75) is 18.9 Å². The second-order valence-corrected chi connectivity index (χ2v) is 5.92. The first-order valence-electron chi connectivity index (χ1n) is 7.57. The Morgan fingerprint density at radius 1 is 1.16 bits per heavy atom. The first-order valence-corrected chi connectivity index (χ1v) is 7.95. The first-order chi connectivity index (χ1) is 11.9. The van der Waals surface area contributed by atoms with Gasteiger partial charge in [0.1, 0.15) is 12.4 Å². The van der Waals surface area contributed by atoms with Gasteiger partial charge in [-0.2, -0.15) is 0 Å². The van der Waals surface area contributed by atoms with Gasteiger partial charge < -0.3 is 20.7 Å². The van der Waals surface area contributed by atoms with Crippen LogP contribution in [0, 0.1) is 0 Å². The number of carbonyl (C=O) groups is 2. The molecule has 0 aliphatic rings. The van der Waals surface area contributed by atoms with Crippen molar-refractivity contribution in [2.24, 2.45) is 5.73 Å². The maximum Gasteiger partial charge on any atom is 0.335 e. The maximum absolute atomic E-state index is 11.0. The van der Waals surface area contributed by atoms with Gasteiger partial charge in [0.25, 0.3) is 0 Å². The van der Waals surface area contributed by atoms with Gasteiger partial charge in [0.2, 0.25) is 0 Å². The summed E-state index contributed by atoms with van der Waals surface area (Å²) in [6.07, 6.45) is -0.0851. The van der Waals surface area contributed by atoms with Crippen LogP contribution in [0.25, 0.3) is 0 Å². The van der Waals surface area contributed by atoms with Crippen molar-refractivity contribution in [1.29, 1.82) is 0 Å². The number of carboxylic acids is 2. The number of ether oxygens (including phenoxy) is 1. The summed E-state index contributed by atoms with van der Waals surface area (Å²) in [4.78, 5) is 21.9. The third kappa shape index (κ3) is 5.20. The second-order valence-electron chi connectivity index (χ2n) is 5.51. The zero-order chi connectivity index (χ0) is 18.4. The SMILES string of the molecule is NC[C@H](CC(=O)O)c1ccc(Cl)c(OCc2cccc(C(=O)O)c2)c1. The first kappa shape index (κ1) is 18.8. The predicted octanol–water partition coefficient (Wildman–Crippen LogP) is 3.13. The molecule has 2 aromatic carbocycles. The van der Waals surface area contributed by atoms with Crippen molar-refractivity contribution in [3.05, 3.63) is 64.2 Å². The summed E-state index contributed by atoms with van der Waals surface area (Å²) in [6.45, 7) is 0.324. The van der Waals surface area contributed by atoms with Gasteiger partial charge in [-0.3, -0.25) is 4.79 Å². The van der Waals surface area contributed by atoms with Crippen LogP contribution in [-0.4, -0.2) is 28.7 Å². The molecule has 0 aromatic heterocycles. The highest BCUT2D eigenvalue weighted by molar-refractivity contribution is 6.32. The van der Waals surface area contributed by atoms with Gasteiger partial charge in [-0.05, 0) is 41.9 Å². The average molecular weight is 364 g/mol. The Kier molecular flexibility index (Phi) is 6.38. The Morgan fingerprint density at radius 2 is 1.92 bits per heavy atom. The van der Waals surface area contributed by atoms with Gasteiger partial charge in [-0.25, -0.2) is 4.79 Å². The van der Waals surface area contributed by atoms with E-state index < -0.39 is 11.9 Å². The number of rotatable bonds is 8. The quantitative estimate of drug-likeness (QED) is 0.664. The van der Waals surface area contributed by atoms with Crippen molar-refractivity contribution < 1.29 is 24.5 Å². The van der Waals surface area contributed by atoms with Crippen molar-refractivity contribution >= 4 is 23.5 Å². The molecule has 0 saturated heterocycles. The minimum atomic E-state index is -1.01. The molecule has 1 atom stereocenters. The molecule has 25 heavy (non-hydrogen) atoms. The molecular weight excluding hydrogens is 346 g/mol. The van der Waals surface area contributed by atoms with Crippen LogP contribution in [0.4, 0.5) is 0 Å². The van der Waals surface area contributed by atoms with E-state index in [4.69, 9.17) is 32.3 Å². The van der Waals surface area contributed by atoms with Crippen LogP contribution in [0.2, 0.25) is 5.02 Å². The summed E-state index contributed by atoms with van der Waals surface area (Å²) in [5.74, 6) is -1.89. The molecule has 0 amide bonds. The molecule has 0 bridgehead atoms. The minimum Gasteiger partial charge on any atom is -0.487 e. The molecule has 132 valence electrons. The standard InChI is InChI=1S/C18H18ClNO5/c19-15-5-4-12(14(9-20)8-17(21)22)7-16(15)25-10-11-2-1-3-13(6-11)18(23)24/h1-7,14H,8-10,20H2,(H,21,22)(H,23,24)/t14-/m0/s1. The number of benzene rings is 2. The van der Waals surface area contributed by atoms with Crippen LogP contribution in [-0.2, 0) is 11.4 Å². The molecule has 6 nitrogen and oxygen atoms in total. The van der Waals surface area contributed by atoms with Crippen LogP contribution in [0.1, 0.15) is 33.8 Å². The maximum atomic E-state index is 11.0. The smallest absolute Gasteiger partial charge is 0.335 e. The molecular formula is C18H18ClNO5. The van der Waals surface area contributed by atoms with E-state index in [2.05, 4.69) is 0 Å². The van der Waals surface area contributed by atoms with Gasteiger partial charge in [-0.1, -0.05) is 29.8 Å². The molecule has 7 heteroatoms. The number of hydrogen-bond acceptors (Lipinski definition) is 4. The number of halogens is 1. The largest absolute Gasteiger partial charge is 0.487 e. The normalized spacial score (nSPS) is 11.8. The van der Waals surface area contributed by atoms with E-state index in [0.29, 0.717) is 16.3 Å². The molecule has 2 rings (SSSR count). The number of aliphatic carboxylic acids is 1. The zero-order valence-electron chi connectivity index (χ0n) is 13.3. The summed E-state index contributed by atoms with van der Waals surface area (Å²) in [5.41, 5.74) is 7.24. The fraction of sp³-hybridized carbons (Fsp3) is 0.222. The Morgan fingerprint density at radius 3 is 2.56 bits per heavy atom. The van der Waals surface area contributed by atoms with Crippen molar-refractivity contribution in [1.82, 2.24) is 0 Å². The Hall–Kier alpha value is -2.57. The van der Waals surface area contributed by atoms with Gasteiger partial charge >= 0.3 is 11.9 Å². The number of carboxylic acid groups (broad SMARTS) is 2. The second kappa shape index (κ2) is 8.50. The van der Waals surface area contributed by atoms with Gasteiger partial charge in [0.05, 0.1) is 17.0 Å². The van der Waals surface area contributed by atoms with Crippen LogP contribution >= 0.6 is 11.6 Å². The number of nitrogens with two attached hydrogens (primary N) is 1. The van der Waals surface area contributed by atoms with E-state index in [-0.39, 0.29) is 31.1 Å². The lowest BCUT2D eigenvalue weighted by atomic mass is 9.96. The molecule has 0 spiro atoms. The van der Waals surface area contributed by atoms with E-state index in [1.165, 1.54) is 12.1 Å². The summed E-state index contributed by atoms with van der Waals surface area (Å²) in [7, 11) is 0. The Balaban J connectivity index is 2.16. The fourth-order valence-electron chi connectivity index (χ4n) is 2.39. The molecule has 0 unspecified atom stereocenters. The topological polar surface area (TPSA) is 110 Å². The molecule has 4 N–H and O–H groups in total. The summed E-state index contributed by atoms with van der Waals surface area (Å²) in [6, 6.07) is 11.4. The molecule has 0 aliphatic carbocycles. The van der Waals surface area contributed by atoms with E-state index in [1.807, 2.05) is 0 Å². The molecule has 0 radical (unpaired) electrons. The Labute approximate surface area is 149 Å². The lowest BCUT2D eigenvalue weighted by Crippen LogP contribution is -2.16. The van der Waals surface area contributed by atoms with E-state index in [1.54, 1.807) is 30.3 Å². The summed E-state index contributed by atoms with van der Waals surface area (Å²) >= 11 is 6.13. The van der Waals surface area contributed by atoms with Crippen LogP contribution in [0.15, 0.2) is 42.5 Å². The average Bonchev–Trinajstić information content (AvgIpc) is 2.59. The Bertz CT molecular complexity index is 778. The highest BCUT2D eigenvalue weighted by Gasteiger charge is 2.16. The molecule has 0 fully saturated rings. The fourth-order valence-corrected chi connectivity index (χ4v) is 2.56. The van der Waals surface area contributed by atoms with Gasteiger partial charge in [0, 0.05) is 5.92 Å². The monoisotopic (exact) mass is 363 g/mol. The summed E-state index contributed by atoms with van der Waals surface area (Å²) < 4.78 is 5.68. The predicted molar refractivity (Wildman–Crippen MR) is 93.2 cm³/mol. The molecule has 0 heterocycles. The third-order valence-electron chi connectivity index (χ3n) is 3.70. The van der Waals surface area contributed by atoms with Crippen LogP contribution in [0.5, 0.6) is 5.75 Å². The van der Waals surface area contributed by atoms with Crippen LogP contribution in [0.3, 0.4) is 0 Å². The number of aromatic carboxylic acids is 1. The van der Waals surface area contributed by atoms with E-state index in [0.717, 1.165) is 5.56 Å². The van der Waals surface area contributed by atoms with Crippen LogP contribution < -0.4 is 10.5 Å². The van der Waals surface area contributed by atoms with Gasteiger partial charge in [-0.15, -0.1) is 0 Å². The van der Waals surface area contributed by atoms with E-state index >= 15 is 0 Å². The van der Waals surface area contributed by atoms with Crippen molar-refractivity contribution in [3.63, 3.8) is 0 Å². The highest BCUT2D eigenvalue weighted by Crippen LogP contribution is 2.30. The van der Waals surface area contributed by atoms with E-state index in [9.17, 15) is 9.59 Å².